The summed E-state index contributed by atoms with van der Waals surface area (Å²) in [6.07, 6.45) is 3.59. The maximum absolute atomic E-state index is 10.9. The van der Waals surface area contributed by atoms with E-state index in [0.29, 0.717) is 5.75 Å². The molecule has 3 aromatic rings. The van der Waals surface area contributed by atoms with Crippen LogP contribution in [0.1, 0.15) is 69.4 Å². The van der Waals surface area contributed by atoms with Crippen LogP contribution in [0.2, 0.25) is 0 Å². The molecule has 0 fully saturated rings. The highest BCUT2D eigenvalue weighted by atomic mass is 16.3. The van der Waals surface area contributed by atoms with Gasteiger partial charge >= 0.3 is 0 Å². The molecular weight excluding hydrogens is 346 g/mol. The van der Waals surface area contributed by atoms with Gasteiger partial charge in [-0.05, 0) is 65.6 Å². The molecular formula is C24H31N3O. The normalized spacial score (nSPS) is 13.0. The topological polar surface area (TPSA) is 50.4 Å². The first-order valence-electron chi connectivity index (χ1n) is 9.74. The Hall–Kier alpha value is -2.62. The van der Waals surface area contributed by atoms with Crippen molar-refractivity contribution < 1.29 is 5.11 Å². The Morgan fingerprint density at radius 2 is 1.43 bits per heavy atom. The second-order valence-corrected chi connectivity index (χ2v) is 9.72. The predicted molar refractivity (Wildman–Crippen MR) is 118 cm³/mol. The molecule has 4 heteroatoms. The van der Waals surface area contributed by atoms with Crippen molar-refractivity contribution in [3.05, 3.63) is 58.4 Å². The molecule has 1 aromatic heterocycles. The van der Waals surface area contributed by atoms with E-state index in [-0.39, 0.29) is 10.8 Å². The van der Waals surface area contributed by atoms with Crippen molar-refractivity contribution in [1.82, 2.24) is 9.66 Å². The van der Waals surface area contributed by atoms with Crippen LogP contribution in [0.5, 0.6) is 5.75 Å². The van der Waals surface area contributed by atoms with Gasteiger partial charge in [0, 0.05) is 11.1 Å². The van der Waals surface area contributed by atoms with Gasteiger partial charge in [-0.1, -0.05) is 41.5 Å². The highest BCUT2D eigenvalue weighted by Gasteiger charge is 2.26. The van der Waals surface area contributed by atoms with Crippen molar-refractivity contribution in [2.24, 2.45) is 5.10 Å². The quantitative estimate of drug-likeness (QED) is 0.571. The van der Waals surface area contributed by atoms with E-state index in [1.807, 2.05) is 23.0 Å². The van der Waals surface area contributed by atoms with Gasteiger partial charge in [-0.25, -0.2) is 9.66 Å². The van der Waals surface area contributed by atoms with E-state index in [2.05, 4.69) is 77.6 Å². The molecule has 0 bridgehead atoms. The SMILES string of the molecule is Cc1cc2ncn(N=Cc3cc(C(C)(C)C)c(O)c(C(C)(C)C)c3)c2cc1C. The molecule has 0 aliphatic heterocycles. The molecule has 3 rings (SSSR count). The average molecular weight is 378 g/mol. The Morgan fingerprint density at radius 1 is 0.893 bits per heavy atom. The molecule has 0 unspecified atom stereocenters. The summed E-state index contributed by atoms with van der Waals surface area (Å²) in [5.74, 6) is 0.385. The Balaban J connectivity index is 2.11. The van der Waals surface area contributed by atoms with Crippen molar-refractivity contribution >= 4 is 17.2 Å². The number of imidazole rings is 1. The van der Waals surface area contributed by atoms with Crippen LogP contribution in [0.4, 0.5) is 0 Å². The molecule has 0 radical (unpaired) electrons. The zero-order chi connectivity index (χ0) is 20.9. The monoisotopic (exact) mass is 377 g/mol. The van der Waals surface area contributed by atoms with Crippen LogP contribution in [0.15, 0.2) is 35.7 Å². The minimum Gasteiger partial charge on any atom is -0.507 e. The summed E-state index contributed by atoms with van der Waals surface area (Å²) in [6.45, 7) is 16.9. The molecule has 0 amide bonds. The minimum absolute atomic E-state index is 0.162. The zero-order valence-electron chi connectivity index (χ0n) is 18.3. The van der Waals surface area contributed by atoms with Gasteiger partial charge in [0.05, 0.1) is 17.2 Å². The lowest BCUT2D eigenvalue weighted by molar-refractivity contribution is 0.423. The molecule has 0 spiro atoms. The molecule has 2 aromatic carbocycles. The third-order valence-corrected chi connectivity index (χ3v) is 5.22. The number of hydrogen-bond donors (Lipinski definition) is 1. The van der Waals surface area contributed by atoms with Gasteiger partial charge in [0.2, 0.25) is 0 Å². The molecule has 0 aliphatic carbocycles. The van der Waals surface area contributed by atoms with Crippen LogP contribution in [-0.2, 0) is 10.8 Å². The largest absolute Gasteiger partial charge is 0.507 e. The molecule has 148 valence electrons. The lowest BCUT2D eigenvalue weighted by Crippen LogP contribution is -2.17. The fourth-order valence-corrected chi connectivity index (χ4v) is 3.35. The van der Waals surface area contributed by atoms with E-state index < -0.39 is 0 Å². The van der Waals surface area contributed by atoms with Crippen LogP contribution >= 0.6 is 0 Å². The van der Waals surface area contributed by atoms with E-state index in [0.717, 1.165) is 27.7 Å². The van der Waals surface area contributed by atoms with E-state index >= 15 is 0 Å². The average Bonchev–Trinajstić information content (AvgIpc) is 2.94. The lowest BCUT2D eigenvalue weighted by atomic mass is 9.78. The molecule has 1 heterocycles. The number of rotatable bonds is 2. The summed E-state index contributed by atoms with van der Waals surface area (Å²) in [7, 11) is 0. The van der Waals surface area contributed by atoms with Crippen LogP contribution in [0.3, 0.4) is 0 Å². The first kappa shape index (κ1) is 20.1. The first-order chi connectivity index (χ1) is 12.9. The first-order valence-corrected chi connectivity index (χ1v) is 9.74. The van der Waals surface area contributed by atoms with E-state index in [1.165, 1.54) is 11.1 Å². The van der Waals surface area contributed by atoms with Crippen LogP contribution in [0, 0.1) is 13.8 Å². The highest BCUT2D eigenvalue weighted by Crippen LogP contribution is 2.39. The number of benzene rings is 2. The van der Waals surface area contributed by atoms with Gasteiger partial charge in [-0.15, -0.1) is 0 Å². The second-order valence-electron chi connectivity index (χ2n) is 9.72. The number of aromatic nitrogens is 2. The van der Waals surface area contributed by atoms with Crippen LogP contribution in [0.25, 0.3) is 11.0 Å². The van der Waals surface area contributed by atoms with E-state index in [4.69, 9.17) is 0 Å². The molecule has 0 saturated heterocycles. The number of phenolic OH excluding ortho intramolecular Hbond substituents is 1. The molecule has 4 nitrogen and oxygen atoms in total. The summed E-state index contributed by atoms with van der Waals surface area (Å²) in [4.78, 5) is 4.47. The number of aromatic hydroxyl groups is 1. The van der Waals surface area contributed by atoms with Crippen molar-refractivity contribution in [3.8, 4) is 5.75 Å². The summed E-state index contributed by atoms with van der Waals surface area (Å²) >= 11 is 0. The van der Waals surface area contributed by atoms with Crippen molar-refractivity contribution in [1.29, 1.82) is 0 Å². The summed E-state index contributed by atoms with van der Waals surface area (Å²) in [5.41, 5.74) is 6.89. The fourth-order valence-electron chi connectivity index (χ4n) is 3.35. The standard InChI is InChI=1S/C24H31N3O/c1-15-9-20-21(10-16(15)2)27(14-25-20)26-13-17-11-18(23(3,4)5)22(28)19(12-17)24(6,7)8/h9-14,28H,1-8H3. The Bertz CT molecular complexity index is 1020. The van der Waals surface area contributed by atoms with Gasteiger partial charge in [0.25, 0.3) is 0 Å². The Labute approximate surface area is 167 Å². The second kappa shape index (κ2) is 6.77. The zero-order valence-corrected chi connectivity index (χ0v) is 18.3. The number of hydrogen-bond acceptors (Lipinski definition) is 3. The van der Waals surface area contributed by atoms with Gasteiger partial charge in [0.1, 0.15) is 12.1 Å². The predicted octanol–water partition coefficient (Wildman–Crippen LogP) is 5.84. The molecule has 28 heavy (non-hydrogen) atoms. The molecule has 0 atom stereocenters. The highest BCUT2D eigenvalue weighted by molar-refractivity contribution is 5.83. The number of aryl methyl sites for hydroxylation is 2. The lowest BCUT2D eigenvalue weighted by Gasteiger charge is -2.27. The van der Waals surface area contributed by atoms with Crippen molar-refractivity contribution in [2.75, 3.05) is 0 Å². The summed E-state index contributed by atoms with van der Waals surface area (Å²) < 4.78 is 1.81. The number of nitrogens with zero attached hydrogens (tertiary/aromatic N) is 3. The summed E-state index contributed by atoms with van der Waals surface area (Å²) in [6, 6.07) is 8.27. The molecule has 0 saturated carbocycles. The van der Waals surface area contributed by atoms with E-state index in [9.17, 15) is 5.11 Å². The van der Waals surface area contributed by atoms with Gasteiger partial charge in [-0.3, -0.25) is 0 Å². The third-order valence-electron chi connectivity index (χ3n) is 5.22. The molecule has 1 N–H and O–H groups in total. The van der Waals surface area contributed by atoms with Crippen LogP contribution in [-0.4, -0.2) is 21.0 Å². The summed E-state index contributed by atoms with van der Waals surface area (Å²) in [5, 5.41) is 15.5. The number of phenols is 1. The Kier molecular flexibility index (Phi) is 4.86. The number of fused-ring (bicyclic) bond motifs is 1. The fraction of sp³-hybridized carbons (Fsp3) is 0.417. The van der Waals surface area contributed by atoms with E-state index in [1.54, 1.807) is 6.33 Å². The van der Waals surface area contributed by atoms with Gasteiger partial charge < -0.3 is 5.11 Å². The van der Waals surface area contributed by atoms with Crippen molar-refractivity contribution in [2.45, 2.75) is 66.2 Å². The third kappa shape index (κ3) is 3.82. The van der Waals surface area contributed by atoms with Gasteiger partial charge in [-0.2, -0.15) is 5.10 Å². The minimum atomic E-state index is -0.162. The maximum Gasteiger partial charge on any atom is 0.123 e. The Morgan fingerprint density at radius 3 is 1.96 bits per heavy atom. The van der Waals surface area contributed by atoms with Gasteiger partial charge in [0.15, 0.2) is 0 Å². The van der Waals surface area contributed by atoms with Crippen molar-refractivity contribution in [3.63, 3.8) is 0 Å². The smallest absolute Gasteiger partial charge is 0.123 e. The van der Waals surface area contributed by atoms with Crippen LogP contribution < -0.4 is 0 Å². The molecule has 0 aliphatic rings. The maximum atomic E-state index is 10.9.